The van der Waals surface area contributed by atoms with E-state index < -0.39 is 0 Å². The molecule has 5 nitrogen and oxygen atoms in total. The lowest BCUT2D eigenvalue weighted by Gasteiger charge is -2.35. The average molecular weight is 364 g/mol. The van der Waals surface area contributed by atoms with Gasteiger partial charge in [-0.25, -0.2) is 0 Å². The van der Waals surface area contributed by atoms with Crippen molar-refractivity contribution in [1.82, 2.24) is 9.80 Å². The molecule has 2 aromatic rings. The van der Waals surface area contributed by atoms with Gasteiger partial charge in [-0.2, -0.15) is 0 Å². The number of aryl methyl sites for hydroxylation is 1. The number of carbonyl (C=O) groups excluding carboxylic acids is 2. The van der Waals surface area contributed by atoms with Crippen LogP contribution in [0.1, 0.15) is 27.0 Å². The number of hydrogen-bond donors (Lipinski definition) is 0. The van der Waals surface area contributed by atoms with Crippen LogP contribution in [-0.2, 0) is 17.6 Å². The van der Waals surface area contributed by atoms with Crippen molar-refractivity contribution in [2.24, 2.45) is 0 Å². The van der Waals surface area contributed by atoms with Gasteiger partial charge in [-0.15, -0.1) is 0 Å². The first kappa shape index (κ1) is 17.6. The van der Waals surface area contributed by atoms with Gasteiger partial charge in [0.15, 0.2) is 0 Å². The number of carbonyl (C=O) groups is 2. The number of amides is 2. The van der Waals surface area contributed by atoms with Crippen LogP contribution in [0.25, 0.3) is 0 Å². The second-order valence-electron chi connectivity index (χ2n) is 7.26. The molecule has 0 atom stereocenters. The van der Waals surface area contributed by atoms with E-state index in [1.807, 2.05) is 53.1 Å². The van der Waals surface area contributed by atoms with E-state index in [0.29, 0.717) is 32.6 Å². The molecule has 0 unspecified atom stereocenters. The highest BCUT2D eigenvalue weighted by atomic mass is 16.5. The molecule has 2 heterocycles. The van der Waals surface area contributed by atoms with Gasteiger partial charge in [-0.05, 0) is 36.2 Å². The van der Waals surface area contributed by atoms with E-state index in [9.17, 15) is 9.59 Å². The molecule has 0 saturated carbocycles. The van der Waals surface area contributed by atoms with E-state index in [1.165, 1.54) is 5.56 Å². The van der Waals surface area contributed by atoms with Crippen LogP contribution in [0.2, 0.25) is 0 Å². The molecular weight excluding hydrogens is 340 g/mol. The predicted molar refractivity (Wildman–Crippen MR) is 103 cm³/mol. The van der Waals surface area contributed by atoms with E-state index in [4.69, 9.17) is 4.74 Å². The lowest BCUT2D eigenvalue weighted by atomic mass is 10.1. The van der Waals surface area contributed by atoms with Gasteiger partial charge in [0.25, 0.3) is 5.91 Å². The Kier molecular flexibility index (Phi) is 4.84. The minimum absolute atomic E-state index is 0.0458. The molecule has 5 heteroatoms. The summed E-state index contributed by atoms with van der Waals surface area (Å²) in [7, 11) is 0. The summed E-state index contributed by atoms with van der Waals surface area (Å²) in [4.78, 5) is 29.0. The quantitative estimate of drug-likeness (QED) is 0.841. The molecular formula is C22H24N2O3. The Balaban J connectivity index is 1.33. The Morgan fingerprint density at radius 2 is 1.78 bits per heavy atom. The van der Waals surface area contributed by atoms with Crippen LogP contribution in [-0.4, -0.2) is 54.4 Å². The number of piperazine rings is 1. The Hall–Kier alpha value is -2.82. The molecule has 1 saturated heterocycles. The third kappa shape index (κ3) is 3.82. The van der Waals surface area contributed by atoms with Gasteiger partial charge in [0.05, 0.1) is 13.0 Å². The Labute approximate surface area is 159 Å². The van der Waals surface area contributed by atoms with Crippen molar-refractivity contribution >= 4 is 11.8 Å². The lowest BCUT2D eigenvalue weighted by molar-refractivity contribution is -0.131. The van der Waals surface area contributed by atoms with Crippen molar-refractivity contribution in [3.63, 3.8) is 0 Å². The maximum atomic E-state index is 12.7. The molecule has 2 aromatic carbocycles. The summed E-state index contributed by atoms with van der Waals surface area (Å²) in [6, 6.07) is 13.7. The standard InChI is InChI=1S/C22H24N2O3/c1-16-3-2-4-19(13-16)22(26)24-10-8-23(9-11-24)21(25)15-17-5-6-20-18(14-17)7-12-27-20/h2-6,13-14H,7-12,15H2,1H3. The minimum atomic E-state index is 0.0458. The first-order valence-corrected chi connectivity index (χ1v) is 9.48. The molecule has 0 bridgehead atoms. The zero-order valence-corrected chi connectivity index (χ0v) is 15.6. The monoisotopic (exact) mass is 364 g/mol. The van der Waals surface area contributed by atoms with E-state index in [0.717, 1.165) is 35.5 Å². The Morgan fingerprint density at radius 3 is 2.56 bits per heavy atom. The van der Waals surface area contributed by atoms with E-state index in [-0.39, 0.29) is 11.8 Å². The summed E-state index contributed by atoms with van der Waals surface area (Å²) in [5.74, 6) is 1.11. The first-order valence-electron chi connectivity index (χ1n) is 9.48. The van der Waals surface area contributed by atoms with Gasteiger partial charge in [0.1, 0.15) is 5.75 Å². The smallest absolute Gasteiger partial charge is 0.253 e. The summed E-state index contributed by atoms with van der Waals surface area (Å²) >= 11 is 0. The molecule has 2 aliphatic rings. The largest absolute Gasteiger partial charge is 0.493 e. The zero-order chi connectivity index (χ0) is 18.8. The van der Waals surface area contributed by atoms with Crippen LogP contribution in [0.3, 0.4) is 0 Å². The van der Waals surface area contributed by atoms with Crippen molar-refractivity contribution in [2.75, 3.05) is 32.8 Å². The fourth-order valence-corrected chi connectivity index (χ4v) is 3.76. The van der Waals surface area contributed by atoms with Crippen LogP contribution >= 0.6 is 0 Å². The molecule has 2 aliphatic heterocycles. The topological polar surface area (TPSA) is 49.9 Å². The molecule has 0 spiro atoms. The van der Waals surface area contributed by atoms with E-state index in [2.05, 4.69) is 6.07 Å². The minimum Gasteiger partial charge on any atom is -0.493 e. The number of hydrogen-bond acceptors (Lipinski definition) is 3. The maximum Gasteiger partial charge on any atom is 0.253 e. The normalized spacial score (nSPS) is 16.0. The molecule has 0 aliphatic carbocycles. The number of nitrogens with zero attached hydrogens (tertiary/aromatic N) is 2. The van der Waals surface area contributed by atoms with Crippen molar-refractivity contribution in [3.05, 3.63) is 64.7 Å². The molecule has 2 amide bonds. The van der Waals surface area contributed by atoms with Gasteiger partial charge in [-0.3, -0.25) is 9.59 Å². The third-order valence-corrected chi connectivity index (χ3v) is 5.29. The summed E-state index contributed by atoms with van der Waals surface area (Å²) < 4.78 is 5.52. The van der Waals surface area contributed by atoms with Crippen molar-refractivity contribution < 1.29 is 14.3 Å². The van der Waals surface area contributed by atoms with Gasteiger partial charge in [-0.1, -0.05) is 29.8 Å². The summed E-state index contributed by atoms with van der Waals surface area (Å²) in [6.45, 7) is 5.05. The van der Waals surface area contributed by atoms with Crippen molar-refractivity contribution in [3.8, 4) is 5.75 Å². The van der Waals surface area contributed by atoms with Gasteiger partial charge >= 0.3 is 0 Å². The highest BCUT2D eigenvalue weighted by Gasteiger charge is 2.25. The second-order valence-corrected chi connectivity index (χ2v) is 7.26. The number of benzene rings is 2. The molecule has 4 rings (SSSR count). The highest BCUT2D eigenvalue weighted by molar-refractivity contribution is 5.94. The van der Waals surface area contributed by atoms with Crippen molar-refractivity contribution in [1.29, 1.82) is 0 Å². The molecule has 0 aromatic heterocycles. The molecule has 27 heavy (non-hydrogen) atoms. The fraction of sp³-hybridized carbons (Fsp3) is 0.364. The lowest BCUT2D eigenvalue weighted by Crippen LogP contribution is -2.51. The van der Waals surface area contributed by atoms with Crippen molar-refractivity contribution in [2.45, 2.75) is 19.8 Å². The third-order valence-electron chi connectivity index (χ3n) is 5.29. The van der Waals surface area contributed by atoms with E-state index >= 15 is 0 Å². The number of fused-ring (bicyclic) bond motifs is 1. The zero-order valence-electron chi connectivity index (χ0n) is 15.6. The Morgan fingerprint density at radius 1 is 1.00 bits per heavy atom. The molecule has 1 fully saturated rings. The van der Waals surface area contributed by atoms with Crippen LogP contribution in [0.4, 0.5) is 0 Å². The number of ether oxygens (including phenoxy) is 1. The maximum absolute atomic E-state index is 12.7. The summed E-state index contributed by atoms with van der Waals surface area (Å²) in [5, 5.41) is 0. The average Bonchev–Trinajstić information content (AvgIpc) is 3.15. The van der Waals surface area contributed by atoms with Gasteiger partial charge < -0.3 is 14.5 Å². The van der Waals surface area contributed by atoms with Crippen LogP contribution in [0, 0.1) is 6.92 Å². The SMILES string of the molecule is Cc1cccc(C(=O)N2CCN(C(=O)Cc3ccc4c(c3)CCO4)CC2)c1. The highest BCUT2D eigenvalue weighted by Crippen LogP contribution is 2.26. The van der Waals surface area contributed by atoms with Gasteiger partial charge in [0, 0.05) is 38.2 Å². The van der Waals surface area contributed by atoms with Gasteiger partial charge in [0.2, 0.25) is 5.91 Å². The van der Waals surface area contributed by atoms with E-state index in [1.54, 1.807) is 0 Å². The fourth-order valence-electron chi connectivity index (χ4n) is 3.76. The summed E-state index contributed by atoms with van der Waals surface area (Å²) in [5.41, 5.74) is 4.01. The molecule has 140 valence electrons. The van der Waals surface area contributed by atoms with Crippen LogP contribution < -0.4 is 4.74 Å². The Bertz CT molecular complexity index is 870. The summed E-state index contributed by atoms with van der Waals surface area (Å²) in [6.07, 6.45) is 1.32. The molecule has 0 radical (unpaired) electrons. The second kappa shape index (κ2) is 7.43. The van der Waals surface area contributed by atoms with Crippen LogP contribution in [0.15, 0.2) is 42.5 Å². The first-order chi connectivity index (χ1) is 13.1. The van der Waals surface area contributed by atoms with Crippen LogP contribution in [0.5, 0.6) is 5.75 Å². The predicted octanol–water partition coefficient (Wildman–Crippen LogP) is 2.46. The number of rotatable bonds is 3. The molecule has 0 N–H and O–H groups in total.